The highest BCUT2D eigenvalue weighted by Gasteiger charge is 2.27. The lowest BCUT2D eigenvalue weighted by Gasteiger charge is -2.25. The molecule has 1 fully saturated rings. The zero-order valence-corrected chi connectivity index (χ0v) is 18.1. The molecule has 2 atom stereocenters. The van der Waals surface area contributed by atoms with Crippen molar-refractivity contribution in [3.8, 4) is 0 Å². The Bertz CT molecular complexity index is 1120. The summed E-state index contributed by atoms with van der Waals surface area (Å²) >= 11 is 1.59. The summed E-state index contributed by atoms with van der Waals surface area (Å²) in [5.41, 5.74) is 2.21. The van der Waals surface area contributed by atoms with Crippen molar-refractivity contribution >= 4 is 33.3 Å². The number of aromatic amines is 1. The molecule has 0 radical (unpaired) electrons. The van der Waals surface area contributed by atoms with E-state index in [0.29, 0.717) is 42.1 Å². The highest BCUT2D eigenvalue weighted by molar-refractivity contribution is 7.15. The predicted molar refractivity (Wildman–Crippen MR) is 117 cm³/mol. The maximum Gasteiger partial charge on any atom is 0.270 e. The Hall–Kier alpha value is -2.49. The number of aliphatic hydroxyl groups is 1. The van der Waals surface area contributed by atoms with Crippen molar-refractivity contribution < 1.29 is 19.0 Å². The number of amides is 1. The molecule has 31 heavy (non-hydrogen) atoms. The number of fused-ring (bicyclic) bond motifs is 2. The number of carbonyl (C=O) groups excluding carboxylic acids is 1. The third-order valence-corrected chi connectivity index (χ3v) is 7.08. The molecule has 9 heteroatoms. The quantitative estimate of drug-likeness (QED) is 0.561. The van der Waals surface area contributed by atoms with Crippen molar-refractivity contribution in [1.82, 2.24) is 14.9 Å². The average Bonchev–Trinajstić information content (AvgIpc) is 3.50. The monoisotopic (exact) mass is 444 g/mol. The molecular formula is C22H25FN4O3S. The fraction of sp³-hybridized carbons (Fsp3) is 0.455. The number of H-pyrrole nitrogens is 1. The Morgan fingerprint density at radius 3 is 3.16 bits per heavy atom. The largest absolute Gasteiger partial charge is 0.389 e. The van der Waals surface area contributed by atoms with Gasteiger partial charge in [-0.2, -0.15) is 0 Å². The Labute approximate surface area is 183 Å². The van der Waals surface area contributed by atoms with Crippen molar-refractivity contribution in [1.29, 1.82) is 0 Å². The second kappa shape index (κ2) is 8.22. The minimum Gasteiger partial charge on any atom is -0.389 e. The van der Waals surface area contributed by atoms with E-state index in [1.807, 2.05) is 0 Å². The lowest BCUT2D eigenvalue weighted by molar-refractivity contribution is 0.0731. The summed E-state index contributed by atoms with van der Waals surface area (Å²) in [6.07, 6.45) is 1.01. The van der Waals surface area contributed by atoms with Crippen molar-refractivity contribution in [2.45, 2.75) is 32.4 Å². The number of hydrogen-bond donors (Lipinski definition) is 3. The van der Waals surface area contributed by atoms with Gasteiger partial charge < -0.3 is 25.0 Å². The van der Waals surface area contributed by atoms with Gasteiger partial charge in [-0.15, -0.1) is 0 Å². The molecule has 2 unspecified atom stereocenters. The lowest BCUT2D eigenvalue weighted by atomic mass is 10.1. The molecule has 1 aromatic carbocycles. The molecule has 5 rings (SSSR count). The second-order valence-electron chi connectivity index (χ2n) is 8.26. The summed E-state index contributed by atoms with van der Waals surface area (Å²) in [5, 5.41) is 14.8. The van der Waals surface area contributed by atoms with Crippen LogP contribution in [0.4, 0.5) is 9.52 Å². The molecule has 7 nitrogen and oxygen atoms in total. The van der Waals surface area contributed by atoms with Crippen molar-refractivity contribution in [3.63, 3.8) is 0 Å². The van der Waals surface area contributed by atoms with Gasteiger partial charge in [-0.05, 0) is 31.0 Å². The molecule has 4 heterocycles. The van der Waals surface area contributed by atoms with Crippen LogP contribution in [0.5, 0.6) is 0 Å². The fourth-order valence-electron chi connectivity index (χ4n) is 4.28. The lowest BCUT2D eigenvalue weighted by Crippen LogP contribution is -2.35. The van der Waals surface area contributed by atoms with Crippen LogP contribution in [0.2, 0.25) is 0 Å². The van der Waals surface area contributed by atoms with E-state index in [1.165, 1.54) is 6.07 Å². The number of hydrogen-bond acceptors (Lipinski definition) is 6. The first-order valence-electron chi connectivity index (χ1n) is 10.6. The molecule has 1 saturated heterocycles. The van der Waals surface area contributed by atoms with Crippen LogP contribution >= 0.6 is 11.3 Å². The summed E-state index contributed by atoms with van der Waals surface area (Å²) in [7, 11) is 0. The number of aromatic nitrogens is 2. The maximum absolute atomic E-state index is 14.3. The number of nitrogens with one attached hydrogen (secondary N) is 2. The van der Waals surface area contributed by atoms with Gasteiger partial charge in [-0.3, -0.25) is 4.79 Å². The van der Waals surface area contributed by atoms with Gasteiger partial charge >= 0.3 is 0 Å². The first-order chi connectivity index (χ1) is 15.0. The molecule has 3 aromatic rings. The van der Waals surface area contributed by atoms with Crippen LogP contribution in [0.25, 0.3) is 10.9 Å². The summed E-state index contributed by atoms with van der Waals surface area (Å²) in [4.78, 5) is 23.6. The van der Waals surface area contributed by atoms with E-state index in [2.05, 4.69) is 10.3 Å². The van der Waals surface area contributed by atoms with E-state index in [-0.39, 0.29) is 11.4 Å². The molecule has 164 valence electrons. The molecule has 2 aromatic heterocycles. The van der Waals surface area contributed by atoms with Crippen LogP contribution in [-0.2, 0) is 17.7 Å². The van der Waals surface area contributed by atoms with Crippen LogP contribution in [0.1, 0.15) is 46.1 Å². The number of thiazole rings is 1. The van der Waals surface area contributed by atoms with Crippen molar-refractivity contribution in [2.24, 2.45) is 5.92 Å². The number of benzene rings is 1. The topological polar surface area (TPSA) is 90.5 Å². The first-order valence-corrected chi connectivity index (χ1v) is 11.4. The van der Waals surface area contributed by atoms with E-state index in [9.17, 15) is 14.3 Å². The Morgan fingerprint density at radius 1 is 1.52 bits per heavy atom. The minimum atomic E-state index is -0.752. The van der Waals surface area contributed by atoms with E-state index >= 15 is 0 Å². The number of rotatable bonds is 5. The molecule has 0 saturated carbocycles. The highest BCUT2D eigenvalue weighted by Crippen LogP contribution is 2.31. The van der Waals surface area contributed by atoms with Gasteiger partial charge in [0, 0.05) is 42.3 Å². The van der Waals surface area contributed by atoms with Crippen LogP contribution in [0.15, 0.2) is 18.2 Å². The van der Waals surface area contributed by atoms with Gasteiger partial charge in [0.2, 0.25) is 0 Å². The SMILES string of the molecule is CC(O)c1ccc(F)c2[nH]c(C(=O)N3CCc4nc(NCC5CCOC5)sc4C3)cc12. The number of ether oxygens (including phenoxy) is 1. The molecule has 2 aliphatic heterocycles. The number of nitrogens with zero attached hydrogens (tertiary/aromatic N) is 2. The normalized spacial score (nSPS) is 19.6. The number of carbonyl (C=O) groups is 1. The van der Waals surface area contributed by atoms with E-state index in [0.717, 1.165) is 41.9 Å². The Kier molecular flexibility index (Phi) is 5.41. The van der Waals surface area contributed by atoms with Gasteiger partial charge in [0.25, 0.3) is 5.91 Å². The maximum atomic E-state index is 14.3. The van der Waals surface area contributed by atoms with Gasteiger partial charge in [-0.1, -0.05) is 17.4 Å². The fourth-order valence-corrected chi connectivity index (χ4v) is 5.31. The van der Waals surface area contributed by atoms with Crippen LogP contribution in [-0.4, -0.2) is 52.2 Å². The predicted octanol–water partition coefficient (Wildman–Crippen LogP) is 3.46. The van der Waals surface area contributed by atoms with E-state index in [1.54, 1.807) is 35.3 Å². The molecular weight excluding hydrogens is 419 g/mol. The van der Waals surface area contributed by atoms with Gasteiger partial charge in [-0.25, -0.2) is 9.37 Å². The smallest absolute Gasteiger partial charge is 0.270 e. The second-order valence-corrected chi connectivity index (χ2v) is 9.34. The summed E-state index contributed by atoms with van der Waals surface area (Å²) in [6, 6.07) is 4.51. The Morgan fingerprint density at radius 2 is 2.39 bits per heavy atom. The Balaban J connectivity index is 1.32. The first kappa shape index (κ1) is 20.4. The van der Waals surface area contributed by atoms with Crippen molar-refractivity contribution in [3.05, 3.63) is 45.8 Å². The molecule has 1 amide bonds. The average molecular weight is 445 g/mol. The van der Waals surface area contributed by atoms with E-state index in [4.69, 9.17) is 9.72 Å². The van der Waals surface area contributed by atoms with Gasteiger partial charge in [0.15, 0.2) is 5.13 Å². The molecule has 2 aliphatic rings. The zero-order valence-electron chi connectivity index (χ0n) is 17.3. The van der Waals surface area contributed by atoms with Gasteiger partial charge in [0.05, 0.1) is 30.5 Å². The molecule has 0 aliphatic carbocycles. The molecule has 0 spiro atoms. The van der Waals surface area contributed by atoms with Crippen LogP contribution < -0.4 is 5.32 Å². The standard InChI is InChI=1S/C22H25FN4O3S/c1-12(28)14-2-3-16(23)20-15(14)8-18(25-20)21(29)27-6-4-17-19(10-27)31-22(26-17)24-9-13-5-7-30-11-13/h2-3,8,12-13,25,28H,4-7,9-11H2,1H3,(H,24,26). The number of aliphatic hydroxyl groups excluding tert-OH is 1. The zero-order chi connectivity index (χ0) is 21.5. The van der Waals surface area contributed by atoms with Crippen LogP contribution in [0, 0.1) is 11.7 Å². The minimum absolute atomic E-state index is 0.177. The summed E-state index contributed by atoms with van der Waals surface area (Å²) in [5.74, 6) is -0.0954. The number of anilines is 1. The number of halogens is 1. The van der Waals surface area contributed by atoms with E-state index < -0.39 is 11.9 Å². The molecule has 0 bridgehead atoms. The summed E-state index contributed by atoms with van der Waals surface area (Å²) < 4.78 is 19.7. The van der Waals surface area contributed by atoms with Gasteiger partial charge in [0.1, 0.15) is 11.5 Å². The third kappa shape index (κ3) is 3.93. The molecule has 3 N–H and O–H groups in total. The third-order valence-electron chi connectivity index (χ3n) is 6.04. The van der Waals surface area contributed by atoms with Crippen molar-refractivity contribution in [2.75, 3.05) is 31.6 Å². The highest BCUT2D eigenvalue weighted by atomic mass is 32.1. The van der Waals surface area contributed by atoms with Crippen LogP contribution in [0.3, 0.4) is 0 Å². The summed E-state index contributed by atoms with van der Waals surface area (Å²) in [6.45, 7) is 5.15.